The first-order valence-electron chi connectivity index (χ1n) is 14.7. The first kappa shape index (κ1) is 33.4. The Balaban J connectivity index is 1.40. The van der Waals surface area contributed by atoms with Gasteiger partial charge in [0, 0.05) is 28.7 Å². The zero-order chi connectivity index (χ0) is 29.7. The molecule has 1 spiro atoms. The molecule has 0 aromatic heterocycles. The van der Waals surface area contributed by atoms with E-state index in [4.69, 9.17) is 32.3 Å². The highest BCUT2D eigenvalue weighted by molar-refractivity contribution is 7.45. The molecule has 12 heteroatoms. The smallest absolute Gasteiger partial charge is 0.320 e. The van der Waals surface area contributed by atoms with Crippen molar-refractivity contribution in [2.24, 2.45) is 5.92 Å². The Labute approximate surface area is 245 Å². The van der Waals surface area contributed by atoms with Crippen LogP contribution >= 0.6 is 17.1 Å². The Morgan fingerprint density at radius 2 is 1.07 bits per heavy atom. The summed E-state index contributed by atoms with van der Waals surface area (Å²) in [6.45, 7) is 24.5. The average Bonchev–Trinajstić information content (AvgIpc) is 3.08. The number of hydroxylamine groups is 4. The van der Waals surface area contributed by atoms with E-state index in [2.05, 4.69) is 84.0 Å². The lowest BCUT2D eigenvalue weighted by molar-refractivity contribution is -0.275. The molecule has 4 heterocycles. The molecule has 0 radical (unpaired) electrons. The van der Waals surface area contributed by atoms with Crippen molar-refractivity contribution in [3.8, 4) is 0 Å². The Morgan fingerprint density at radius 3 is 1.48 bits per heavy atom. The van der Waals surface area contributed by atoms with Crippen molar-refractivity contribution in [3.63, 3.8) is 0 Å². The van der Waals surface area contributed by atoms with Crippen LogP contribution in [0.15, 0.2) is 0 Å². The minimum Gasteiger partial charge on any atom is -0.320 e. The van der Waals surface area contributed by atoms with Gasteiger partial charge < -0.3 is 32.3 Å². The van der Waals surface area contributed by atoms with E-state index in [-0.39, 0.29) is 39.9 Å². The van der Waals surface area contributed by atoms with Gasteiger partial charge in [-0.25, -0.2) is 4.67 Å². The maximum atomic E-state index is 6.80. The van der Waals surface area contributed by atoms with E-state index in [0.717, 1.165) is 32.2 Å². The standard InChI is InChI=1S/C28H55N3O7P2/c1-21(2)17-29-28(18-34-39(29)37-22-13-24(3,4)30(32-11)25(5,6)14-22)19-35-40(36-20-28)38-23-15-26(7,8)31(33-12)27(9,10)16-23/h21-23H,13-20H2,1-12H3. The molecule has 0 saturated carbocycles. The van der Waals surface area contributed by atoms with Crippen molar-refractivity contribution in [1.82, 2.24) is 14.8 Å². The van der Waals surface area contributed by atoms with E-state index in [9.17, 15) is 0 Å². The molecule has 0 aliphatic carbocycles. The fraction of sp³-hybridized carbons (Fsp3) is 1.00. The van der Waals surface area contributed by atoms with Gasteiger partial charge in [0.1, 0.15) is 5.54 Å². The summed E-state index contributed by atoms with van der Waals surface area (Å²) < 4.78 is 34.8. The molecule has 0 aromatic carbocycles. The van der Waals surface area contributed by atoms with Gasteiger partial charge in [0.05, 0.1) is 46.2 Å². The summed E-state index contributed by atoms with van der Waals surface area (Å²) in [6, 6.07) is 0. The topological polar surface area (TPSA) is 74.3 Å². The van der Waals surface area contributed by atoms with Crippen molar-refractivity contribution in [1.29, 1.82) is 0 Å². The molecule has 4 aliphatic rings. The van der Waals surface area contributed by atoms with Crippen LogP contribution in [0.25, 0.3) is 0 Å². The molecular weight excluding hydrogens is 552 g/mol. The van der Waals surface area contributed by atoms with Crippen molar-refractivity contribution in [2.75, 3.05) is 40.6 Å². The van der Waals surface area contributed by atoms with Gasteiger partial charge in [-0.2, -0.15) is 10.1 Å². The highest BCUT2D eigenvalue weighted by Gasteiger charge is 2.56. The highest BCUT2D eigenvalue weighted by atomic mass is 31.2. The Morgan fingerprint density at radius 1 is 0.675 bits per heavy atom. The number of hydrogen-bond acceptors (Lipinski definition) is 10. The van der Waals surface area contributed by atoms with E-state index in [1.165, 1.54) is 0 Å². The van der Waals surface area contributed by atoms with Crippen LogP contribution in [0.4, 0.5) is 0 Å². The Bertz CT molecular complexity index is 831. The number of hydrogen-bond donors (Lipinski definition) is 0. The van der Waals surface area contributed by atoms with Crippen LogP contribution in [-0.2, 0) is 32.3 Å². The first-order valence-corrected chi connectivity index (χ1v) is 17.0. The summed E-state index contributed by atoms with van der Waals surface area (Å²) in [6.07, 6.45) is 3.54. The van der Waals surface area contributed by atoms with E-state index in [0.29, 0.717) is 25.7 Å². The van der Waals surface area contributed by atoms with Crippen LogP contribution in [0, 0.1) is 5.92 Å². The summed E-state index contributed by atoms with van der Waals surface area (Å²) in [5.74, 6) is 0.450. The van der Waals surface area contributed by atoms with Crippen LogP contribution in [0.3, 0.4) is 0 Å². The van der Waals surface area contributed by atoms with Gasteiger partial charge in [0.25, 0.3) is 8.53 Å². The molecular formula is C28H55N3O7P2. The summed E-state index contributed by atoms with van der Waals surface area (Å²) in [4.78, 5) is 11.5. The van der Waals surface area contributed by atoms with Gasteiger partial charge in [-0.1, -0.05) is 13.8 Å². The maximum absolute atomic E-state index is 6.80. The molecule has 0 N–H and O–H groups in total. The van der Waals surface area contributed by atoms with Crippen molar-refractivity contribution in [3.05, 3.63) is 0 Å². The summed E-state index contributed by atoms with van der Waals surface area (Å²) >= 11 is 0. The molecule has 4 fully saturated rings. The van der Waals surface area contributed by atoms with Gasteiger partial charge in [-0.3, -0.25) is 0 Å². The van der Waals surface area contributed by atoms with Crippen LogP contribution in [-0.4, -0.2) is 95.3 Å². The normalized spacial score (nSPS) is 31.9. The molecule has 10 nitrogen and oxygen atoms in total. The van der Waals surface area contributed by atoms with Crippen LogP contribution in [0.2, 0.25) is 0 Å². The molecule has 234 valence electrons. The van der Waals surface area contributed by atoms with Crippen molar-refractivity contribution < 1.29 is 32.3 Å². The third kappa shape index (κ3) is 6.90. The minimum absolute atomic E-state index is 0.0355. The second-order valence-corrected chi connectivity index (χ2v) is 17.6. The first-order chi connectivity index (χ1) is 18.4. The van der Waals surface area contributed by atoms with E-state index in [1.807, 2.05) is 0 Å². The van der Waals surface area contributed by atoms with E-state index >= 15 is 0 Å². The molecule has 4 saturated heterocycles. The number of piperidine rings is 2. The van der Waals surface area contributed by atoms with Crippen molar-refractivity contribution in [2.45, 2.75) is 135 Å². The third-order valence-corrected chi connectivity index (χ3v) is 11.5. The average molecular weight is 608 g/mol. The zero-order valence-electron chi connectivity index (χ0n) is 27.0. The minimum atomic E-state index is -1.44. The van der Waals surface area contributed by atoms with Crippen LogP contribution < -0.4 is 0 Å². The molecule has 4 aliphatic heterocycles. The van der Waals surface area contributed by atoms with Crippen LogP contribution in [0.1, 0.15) is 94.9 Å². The lowest BCUT2D eigenvalue weighted by atomic mass is 9.80. The Kier molecular flexibility index (Phi) is 10.1. The molecule has 0 bridgehead atoms. The van der Waals surface area contributed by atoms with Gasteiger partial charge in [0.15, 0.2) is 0 Å². The maximum Gasteiger partial charge on any atom is 0.333 e. The SMILES string of the molecule is CON1C(C)(C)CC(OP2OCC3(CO2)COP(OC2CC(C)(C)N(OC)C(C)(C)C2)N3CC(C)C)CC1(C)C. The van der Waals surface area contributed by atoms with Gasteiger partial charge >= 0.3 is 8.60 Å². The summed E-state index contributed by atoms with van der Waals surface area (Å²) in [5, 5.41) is 4.20. The number of rotatable bonds is 8. The van der Waals surface area contributed by atoms with E-state index < -0.39 is 17.1 Å². The molecule has 40 heavy (non-hydrogen) atoms. The molecule has 4 rings (SSSR count). The molecule has 0 amide bonds. The quantitative estimate of drug-likeness (QED) is 0.289. The fourth-order valence-corrected chi connectivity index (χ4v) is 11.0. The summed E-state index contributed by atoms with van der Waals surface area (Å²) in [5.41, 5.74) is -0.978. The molecule has 0 aromatic rings. The van der Waals surface area contributed by atoms with Gasteiger partial charge in [0.2, 0.25) is 0 Å². The van der Waals surface area contributed by atoms with Gasteiger partial charge in [-0.05, 0) is 87.0 Å². The second-order valence-electron chi connectivity index (χ2n) is 15.0. The van der Waals surface area contributed by atoms with E-state index in [1.54, 1.807) is 14.2 Å². The monoisotopic (exact) mass is 607 g/mol. The van der Waals surface area contributed by atoms with Crippen molar-refractivity contribution >= 4 is 17.1 Å². The fourth-order valence-electron chi connectivity index (χ4n) is 7.63. The summed E-state index contributed by atoms with van der Waals surface area (Å²) in [7, 11) is 0.831. The molecule has 1 unspecified atom stereocenters. The Hall–Kier alpha value is 0.460. The lowest BCUT2D eigenvalue weighted by Gasteiger charge is -2.53. The highest BCUT2D eigenvalue weighted by Crippen LogP contribution is 2.60. The zero-order valence-corrected chi connectivity index (χ0v) is 28.8. The number of nitrogens with zero attached hydrogens (tertiary/aromatic N) is 3. The molecule has 1 atom stereocenters. The predicted molar refractivity (Wildman–Crippen MR) is 158 cm³/mol. The lowest BCUT2D eigenvalue weighted by Crippen LogP contribution is -2.61. The second kappa shape index (κ2) is 12.1. The third-order valence-electron chi connectivity index (χ3n) is 8.55. The largest absolute Gasteiger partial charge is 0.333 e. The van der Waals surface area contributed by atoms with Gasteiger partial charge in [-0.15, -0.1) is 0 Å². The predicted octanol–water partition coefficient (Wildman–Crippen LogP) is 6.41. The van der Waals surface area contributed by atoms with Crippen LogP contribution in [0.5, 0.6) is 0 Å².